The van der Waals surface area contributed by atoms with Crippen molar-refractivity contribution in [3.63, 3.8) is 0 Å². The number of rotatable bonds is 1. The topological polar surface area (TPSA) is 37.4 Å². The highest BCUT2D eigenvalue weighted by Gasteiger charge is 2.61. The number of fused-ring (bicyclic) bond motifs is 5. The van der Waals surface area contributed by atoms with E-state index in [9.17, 15) is 9.59 Å². The van der Waals surface area contributed by atoms with E-state index < -0.39 is 0 Å². The standard InChI is InChI=1S/C18H17NO2/c1-10(2)14-12-8-9-13(14)16-15(12)17(20)19(18(16)21)11-6-4-3-5-7-11/h3-9,12-13,15-16H,1-2H3/t12-,13-,15-,16+/m1/s1. The molecule has 0 spiro atoms. The SMILES string of the molecule is CC(C)=C1[C@H]2C=C[C@H]1[C@H]1C(=O)N(c3ccccc3)C(=O)[C@H]12. The maximum atomic E-state index is 12.8. The molecule has 1 aromatic rings. The highest BCUT2D eigenvalue weighted by molar-refractivity contribution is 6.23. The summed E-state index contributed by atoms with van der Waals surface area (Å²) in [7, 11) is 0. The number of benzene rings is 1. The Morgan fingerprint density at radius 3 is 1.90 bits per heavy atom. The number of para-hydroxylation sites is 1. The predicted molar refractivity (Wildman–Crippen MR) is 80.4 cm³/mol. The highest BCUT2D eigenvalue weighted by atomic mass is 16.2. The fraction of sp³-hybridized carbons (Fsp3) is 0.333. The second-order valence-corrected chi connectivity index (χ2v) is 6.29. The molecule has 0 aromatic heterocycles. The third-order valence-corrected chi connectivity index (χ3v) is 5.01. The fourth-order valence-electron chi connectivity index (χ4n) is 4.26. The zero-order valence-electron chi connectivity index (χ0n) is 12.1. The maximum Gasteiger partial charge on any atom is 0.238 e. The lowest BCUT2D eigenvalue weighted by molar-refractivity contribution is -0.122. The second-order valence-electron chi connectivity index (χ2n) is 6.29. The molecule has 0 unspecified atom stereocenters. The molecule has 3 heteroatoms. The number of carbonyl (C=O) groups is 2. The normalized spacial score (nSPS) is 33.0. The van der Waals surface area contributed by atoms with E-state index in [-0.39, 0.29) is 35.5 Å². The van der Waals surface area contributed by atoms with Gasteiger partial charge in [0.2, 0.25) is 11.8 Å². The van der Waals surface area contributed by atoms with Gasteiger partial charge in [0.1, 0.15) is 0 Å². The minimum Gasteiger partial charge on any atom is -0.274 e. The Morgan fingerprint density at radius 2 is 1.43 bits per heavy atom. The average molecular weight is 279 g/mol. The van der Waals surface area contributed by atoms with Crippen LogP contribution >= 0.6 is 0 Å². The summed E-state index contributed by atoms with van der Waals surface area (Å²) in [4.78, 5) is 27.0. The third kappa shape index (κ3) is 1.49. The van der Waals surface area contributed by atoms with Gasteiger partial charge in [-0.15, -0.1) is 0 Å². The quantitative estimate of drug-likeness (QED) is 0.585. The highest BCUT2D eigenvalue weighted by Crippen LogP contribution is 2.57. The summed E-state index contributed by atoms with van der Waals surface area (Å²) in [6.07, 6.45) is 4.24. The number of anilines is 1. The van der Waals surface area contributed by atoms with E-state index in [1.54, 1.807) is 0 Å². The fourth-order valence-corrected chi connectivity index (χ4v) is 4.26. The van der Waals surface area contributed by atoms with Crippen LogP contribution in [0.2, 0.25) is 0 Å². The first-order valence-electron chi connectivity index (χ1n) is 7.39. The Hall–Kier alpha value is -2.16. The molecule has 4 rings (SSSR count). The number of imide groups is 1. The number of hydrogen-bond acceptors (Lipinski definition) is 2. The van der Waals surface area contributed by atoms with E-state index in [0.29, 0.717) is 5.69 Å². The minimum absolute atomic E-state index is 0.0354. The lowest BCUT2D eigenvalue weighted by Crippen LogP contribution is -2.33. The van der Waals surface area contributed by atoms with Gasteiger partial charge in [-0.05, 0) is 26.0 Å². The molecular weight excluding hydrogens is 262 g/mol. The molecule has 4 atom stereocenters. The summed E-state index contributed by atoms with van der Waals surface area (Å²) >= 11 is 0. The molecule has 1 aromatic carbocycles. The van der Waals surface area contributed by atoms with Gasteiger partial charge in [0, 0.05) is 11.8 Å². The minimum atomic E-state index is -0.197. The van der Waals surface area contributed by atoms with Crippen LogP contribution in [0.15, 0.2) is 53.6 Å². The zero-order valence-corrected chi connectivity index (χ0v) is 12.1. The summed E-state index contributed by atoms with van der Waals surface area (Å²) < 4.78 is 0. The molecule has 21 heavy (non-hydrogen) atoms. The van der Waals surface area contributed by atoms with E-state index in [0.717, 1.165) is 0 Å². The Morgan fingerprint density at radius 1 is 0.905 bits per heavy atom. The molecule has 2 amide bonds. The molecule has 1 saturated heterocycles. The zero-order chi connectivity index (χ0) is 14.7. The summed E-state index contributed by atoms with van der Waals surface area (Å²) in [5, 5.41) is 0. The summed E-state index contributed by atoms with van der Waals surface area (Å²) in [6.45, 7) is 4.15. The summed E-state index contributed by atoms with van der Waals surface area (Å²) in [5.41, 5.74) is 3.23. The van der Waals surface area contributed by atoms with Gasteiger partial charge in [0.15, 0.2) is 0 Å². The third-order valence-electron chi connectivity index (χ3n) is 5.01. The van der Waals surface area contributed by atoms with Crippen LogP contribution in [0.3, 0.4) is 0 Å². The van der Waals surface area contributed by atoms with Crippen LogP contribution in [-0.4, -0.2) is 11.8 Å². The molecule has 2 bridgehead atoms. The van der Waals surface area contributed by atoms with Gasteiger partial charge >= 0.3 is 0 Å². The largest absolute Gasteiger partial charge is 0.274 e. The van der Waals surface area contributed by atoms with Gasteiger partial charge < -0.3 is 0 Å². The molecule has 106 valence electrons. The number of amides is 2. The van der Waals surface area contributed by atoms with Crippen LogP contribution in [0.4, 0.5) is 5.69 Å². The lowest BCUT2D eigenvalue weighted by atomic mass is 9.85. The first-order chi connectivity index (χ1) is 10.1. The Kier molecular flexibility index (Phi) is 2.49. The Bertz CT molecular complexity index is 663. The summed E-state index contributed by atoms with van der Waals surface area (Å²) in [6, 6.07) is 9.26. The first-order valence-corrected chi connectivity index (χ1v) is 7.39. The van der Waals surface area contributed by atoms with Crippen molar-refractivity contribution >= 4 is 17.5 Å². The molecule has 2 aliphatic carbocycles. The van der Waals surface area contributed by atoms with E-state index in [1.807, 2.05) is 30.3 Å². The maximum absolute atomic E-state index is 12.8. The van der Waals surface area contributed by atoms with Gasteiger partial charge in [-0.3, -0.25) is 9.59 Å². The Labute approximate surface area is 123 Å². The number of allylic oxidation sites excluding steroid dienone is 4. The number of carbonyl (C=O) groups excluding carboxylic acids is 2. The van der Waals surface area contributed by atoms with Crippen LogP contribution in [0.5, 0.6) is 0 Å². The van der Waals surface area contributed by atoms with E-state index in [4.69, 9.17) is 0 Å². The smallest absolute Gasteiger partial charge is 0.238 e. The second kappa shape index (κ2) is 4.17. The monoisotopic (exact) mass is 279 g/mol. The van der Waals surface area contributed by atoms with Crippen molar-refractivity contribution in [2.24, 2.45) is 23.7 Å². The molecule has 1 aliphatic heterocycles. The van der Waals surface area contributed by atoms with Crippen LogP contribution in [0.1, 0.15) is 13.8 Å². The molecular formula is C18H17NO2. The molecule has 1 saturated carbocycles. The van der Waals surface area contributed by atoms with Crippen LogP contribution < -0.4 is 4.90 Å². The van der Waals surface area contributed by atoms with Crippen molar-refractivity contribution in [1.29, 1.82) is 0 Å². The van der Waals surface area contributed by atoms with E-state index in [1.165, 1.54) is 16.0 Å². The number of hydrogen-bond donors (Lipinski definition) is 0. The molecule has 2 fully saturated rings. The van der Waals surface area contributed by atoms with Crippen molar-refractivity contribution in [1.82, 2.24) is 0 Å². The van der Waals surface area contributed by atoms with Crippen molar-refractivity contribution < 1.29 is 9.59 Å². The van der Waals surface area contributed by atoms with Crippen LogP contribution in [0, 0.1) is 23.7 Å². The van der Waals surface area contributed by atoms with Gasteiger partial charge in [-0.1, -0.05) is 41.5 Å². The molecule has 3 aliphatic rings. The van der Waals surface area contributed by atoms with Crippen molar-refractivity contribution in [2.75, 3.05) is 4.90 Å². The lowest BCUT2D eigenvalue weighted by Gasteiger charge is -2.19. The number of nitrogens with zero attached hydrogens (tertiary/aromatic N) is 1. The molecule has 1 heterocycles. The molecule has 0 N–H and O–H groups in total. The predicted octanol–water partition coefficient (Wildman–Crippen LogP) is 2.94. The molecule has 0 radical (unpaired) electrons. The van der Waals surface area contributed by atoms with Gasteiger partial charge in [0.05, 0.1) is 17.5 Å². The van der Waals surface area contributed by atoms with Crippen molar-refractivity contribution in [2.45, 2.75) is 13.8 Å². The molecule has 3 nitrogen and oxygen atoms in total. The Balaban J connectivity index is 1.79. The van der Waals surface area contributed by atoms with Crippen molar-refractivity contribution in [3.05, 3.63) is 53.6 Å². The van der Waals surface area contributed by atoms with Gasteiger partial charge in [0.25, 0.3) is 0 Å². The first kappa shape index (κ1) is 12.6. The van der Waals surface area contributed by atoms with Gasteiger partial charge in [-0.2, -0.15) is 0 Å². The van der Waals surface area contributed by atoms with E-state index in [2.05, 4.69) is 26.0 Å². The van der Waals surface area contributed by atoms with Crippen LogP contribution in [0.25, 0.3) is 0 Å². The van der Waals surface area contributed by atoms with Gasteiger partial charge in [-0.25, -0.2) is 4.90 Å². The summed E-state index contributed by atoms with van der Waals surface area (Å²) in [5.74, 6) is -0.223. The average Bonchev–Trinajstić information content (AvgIpc) is 3.10. The van der Waals surface area contributed by atoms with Crippen molar-refractivity contribution in [3.8, 4) is 0 Å². The van der Waals surface area contributed by atoms with E-state index >= 15 is 0 Å². The van der Waals surface area contributed by atoms with Crippen LogP contribution in [-0.2, 0) is 9.59 Å².